The van der Waals surface area contributed by atoms with Gasteiger partial charge < -0.3 is 5.32 Å². The van der Waals surface area contributed by atoms with Gasteiger partial charge in [0.1, 0.15) is 4.90 Å². The Balaban J connectivity index is 1.61. The Morgan fingerprint density at radius 2 is 1.30 bits per heavy atom. The molecule has 13 heteroatoms. The van der Waals surface area contributed by atoms with Gasteiger partial charge in [0.05, 0.1) is 15.8 Å². The summed E-state index contributed by atoms with van der Waals surface area (Å²) in [6.07, 6.45) is 2.75. The molecule has 0 saturated heterocycles. The molecule has 260 valence electrons. The maximum Gasteiger partial charge on any atom is 0.295 e. The fourth-order valence-corrected chi connectivity index (χ4v) is 7.94. The highest BCUT2D eigenvalue weighted by Gasteiger charge is 2.20. The number of hydrogen-bond acceptors (Lipinski definition) is 7. The molecule has 0 amide bonds. The standard InChI is InChI=1S/C37H35NO9S3/c1-3-32-28(9-8-14-35(32)49(42,43)44)23-25-15-17-26(18-16-25)37(33-12-5-6-13-36(33)50(45,46)47)27-19-21-30(22-20-27)38-34(4-2)29-10-7-11-31(24-29)48(39,40)41/h5-24,34,38H,3-4H2,1-2H3,(H,39,40,41)(H,42,43,44)(H,45,46,47). The summed E-state index contributed by atoms with van der Waals surface area (Å²) >= 11 is 0. The molecule has 0 radical (unpaired) electrons. The van der Waals surface area contributed by atoms with Crippen molar-refractivity contribution in [2.45, 2.75) is 47.4 Å². The van der Waals surface area contributed by atoms with Crippen molar-refractivity contribution in [3.63, 3.8) is 0 Å². The van der Waals surface area contributed by atoms with Crippen molar-refractivity contribution in [2.24, 2.45) is 0 Å². The Hall–Kier alpha value is -4.63. The first-order valence-corrected chi connectivity index (χ1v) is 19.8. The first kappa shape index (κ1) is 36.6. The van der Waals surface area contributed by atoms with E-state index in [2.05, 4.69) is 5.32 Å². The Labute approximate surface area is 291 Å². The van der Waals surface area contributed by atoms with Crippen LogP contribution in [-0.4, -0.2) is 38.9 Å². The van der Waals surface area contributed by atoms with Crippen molar-refractivity contribution in [3.8, 4) is 0 Å². The van der Waals surface area contributed by atoms with E-state index in [1.54, 1.807) is 97.9 Å². The van der Waals surface area contributed by atoms with Gasteiger partial charge in [-0.2, -0.15) is 25.3 Å². The second-order valence-corrected chi connectivity index (χ2v) is 15.7. The lowest BCUT2D eigenvalue weighted by atomic mass is 9.94. The lowest BCUT2D eigenvalue weighted by molar-refractivity contribution is 0.480. The number of nitrogens with one attached hydrogen (secondary N) is 1. The van der Waals surface area contributed by atoms with Crippen molar-refractivity contribution >= 4 is 47.7 Å². The van der Waals surface area contributed by atoms with Crippen molar-refractivity contribution in [2.75, 3.05) is 5.32 Å². The van der Waals surface area contributed by atoms with E-state index < -0.39 is 30.4 Å². The minimum Gasteiger partial charge on any atom is -0.378 e. The molecule has 0 aliphatic heterocycles. The zero-order chi connectivity index (χ0) is 36.3. The Bertz CT molecular complexity index is 2490. The molecule has 1 unspecified atom stereocenters. The van der Waals surface area contributed by atoms with Crippen molar-refractivity contribution in [1.82, 2.24) is 0 Å². The summed E-state index contributed by atoms with van der Waals surface area (Å²) in [7, 11) is -13.4. The summed E-state index contributed by atoms with van der Waals surface area (Å²) < 4.78 is 102. The monoisotopic (exact) mass is 733 g/mol. The molecule has 4 N–H and O–H groups in total. The van der Waals surface area contributed by atoms with Crippen LogP contribution in [0.4, 0.5) is 5.69 Å². The van der Waals surface area contributed by atoms with Crippen molar-refractivity contribution in [3.05, 3.63) is 154 Å². The average molecular weight is 734 g/mol. The molecule has 0 aliphatic rings. The summed E-state index contributed by atoms with van der Waals surface area (Å²) in [5, 5.41) is 4.74. The number of rotatable bonds is 11. The molecule has 0 fully saturated rings. The first-order valence-electron chi connectivity index (χ1n) is 15.5. The number of anilines is 1. The Morgan fingerprint density at radius 3 is 1.90 bits per heavy atom. The van der Waals surface area contributed by atoms with Gasteiger partial charge in [0.15, 0.2) is 0 Å². The van der Waals surface area contributed by atoms with Gasteiger partial charge in [-0.15, -0.1) is 0 Å². The smallest absolute Gasteiger partial charge is 0.295 e. The maximum atomic E-state index is 12.5. The quantitative estimate of drug-likeness (QED) is 0.125. The lowest BCUT2D eigenvalue weighted by Gasteiger charge is -2.20. The van der Waals surface area contributed by atoms with E-state index >= 15 is 0 Å². The van der Waals surface area contributed by atoms with Crippen LogP contribution < -0.4 is 15.8 Å². The fourth-order valence-electron chi connectivity index (χ4n) is 5.89. The van der Waals surface area contributed by atoms with Gasteiger partial charge in [0, 0.05) is 11.3 Å². The summed E-state index contributed by atoms with van der Waals surface area (Å²) in [6, 6.07) is 30.9. The van der Waals surface area contributed by atoms with E-state index in [-0.39, 0.29) is 26.3 Å². The van der Waals surface area contributed by atoms with Crippen LogP contribution in [0.5, 0.6) is 0 Å². The molecule has 5 aromatic carbocycles. The van der Waals surface area contributed by atoms with Crippen molar-refractivity contribution < 1.29 is 38.9 Å². The van der Waals surface area contributed by atoms with E-state index in [1.807, 2.05) is 6.92 Å². The van der Waals surface area contributed by atoms with E-state index in [0.717, 1.165) is 5.22 Å². The third-order valence-corrected chi connectivity index (χ3v) is 10.9. The van der Waals surface area contributed by atoms with Gasteiger partial charge in [-0.25, -0.2) is 0 Å². The normalized spacial score (nSPS) is 12.7. The van der Waals surface area contributed by atoms with Gasteiger partial charge in [0.2, 0.25) is 0 Å². The van der Waals surface area contributed by atoms with Crippen LogP contribution in [0.3, 0.4) is 0 Å². The minimum absolute atomic E-state index is 0.155. The molecule has 0 heterocycles. The average Bonchev–Trinajstić information content (AvgIpc) is 3.07. The van der Waals surface area contributed by atoms with Crippen LogP contribution >= 0.6 is 0 Å². The first-order chi connectivity index (χ1) is 23.6. The fraction of sp³-hybridized carbons (Fsp3) is 0.135. The molecular formula is C37H35NO9S3. The summed E-state index contributed by atoms with van der Waals surface area (Å²) in [6.45, 7) is 3.72. The van der Waals surface area contributed by atoms with E-state index in [9.17, 15) is 38.9 Å². The van der Waals surface area contributed by atoms with E-state index in [0.29, 0.717) is 51.6 Å². The van der Waals surface area contributed by atoms with Gasteiger partial charge in [-0.3, -0.25) is 13.7 Å². The van der Waals surface area contributed by atoms with Crippen molar-refractivity contribution in [1.29, 1.82) is 0 Å². The topological polar surface area (TPSA) is 175 Å². The SMILES string of the molecule is CCc1c(C=c2ccc(=C(c3ccc(NC(CC)c4cccc(S(=O)(=O)O)c4)cc3)c3ccccc3S(=O)(=O)O)cc2)cccc1S(=O)(=O)O. The Kier molecular flexibility index (Phi) is 10.8. The van der Waals surface area contributed by atoms with Crippen LogP contribution in [0.2, 0.25) is 0 Å². The molecule has 0 aromatic heterocycles. The third-order valence-electron chi connectivity index (χ3n) is 8.24. The number of benzene rings is 5. The maximum absolute atomic E-state index is 12.5. The van der Waals surface area contributed by atoms with E-state index in [1.165, 1.54) is 30.3 Å². The van der Waals surface area contributed by atoms with E-state index in [4.69, 9.17) is 0 Å². The molecule has 5 rings (SSSR count). The Morgan fingerprint density at radius 1 is 0.680 bits per heavy atom. The van der Waals surface area contributed by atoms with Crippen LogP contribution in [0.25, 0.3) is 11.6 Å². The molecule has 50 heavy (non-hydrogen) atoms. The van der Waals surface area contributed by atoms with Crippen LogP contribution in [0, 0.1) is 0 Å². The molecule has 0 saturated carbocycles. The summed E-state index contributed by atoms with van der Waals surface area (Å²) in [5.74, 6) is 0. The largest absolute Gasteiger partial charge is 0.378 e. The van der Waals surface area contributed by atoms with Gasteiger partial charge in [0.25, 0.3) is 30.4 Å². The molecule has 0 bridgehead atoms. The van der Waals surface area contributed by atoms with Gasteiger partial charge in [-0.1, -0.05) is 92.7 Å². The number of hydrogen-bond donors (Lipinski definition) is 4. The highest BCUT2D eigenvalue weighted by Crippen LogP contribution is 2.30. The van der Waals surface area contributed by atoms with Crippen LogP contribution in [0.1, 0.15) is 54.1 Å². The zero-order valence-corrected chi connectivity index (χ0v) is 29.5. The molecule has 10 nitrogen and oxygen atoms in total. The predicted molar refractivity (Wildman–Crippen MR) is 192 cm³/mol. The zero-order valence-electron chi connectivity index (χ0n) is 27.1. The predicted octanol–water partition coefficient (Wildman–Crippen LogP) is 5.63. The molecule has 1 atom stereocenters. The second kappa shape index (κ2) is 14.7. The van der Waals surface area contributed by atoms with Gasteiger partial charge >= 0.3 is 0 Å². The summed E-state index contributed by atoms with van der Waals surface area (Å²) in [5.41, 5.74) is 3.88. The van der Waals surface area contributed by atoms with Gasteiger partial charge in [-0.05, 0) is 93.6 Å². The second-order valence-electron chi connectivity index (χ2n) is 11.5. The van der Waals surface area contributed by atoms with Crippen LogP contribution in [0.15, 0.2) is 130 Å². The molecular weight excluding hydrogens is 699 g/mol. The molecule has 5 aromatic rings. The summed E-state index contributed by atoms with van der Waals surface area (Å²) in [4.78, 5) is -0.631. The highest BCUT2D eigenvalue weighted by molar-refractivity contribution is 7.86. The van der Waals surface area contributed by atoms with Crippen LogP contribution in [-0.2, 0) is 36.8 Å². The molecule has 0 aliphatic carbocycles. The molecule has 0 spiro atoms. The lowest BCUT2D eigenvalue weighted by Crippen LogP contribution is -2.15. The minimum atomic E-state index is -4.61. The highest BCUT2D eigenvalue weighted by atomic mass is 32.2. The third kappa shape index (κ3) is 8.38.